The molecule has 0 bridgehead atoms. The van der Waals surface area contributed by atoms with Gasteiger partial charge < -0.3 is 16.2 Å². The molecule has 4 N–H and O–H groups in total. The van der Waals surface area contributed by atoms with Gasteiger partial charge in [0.1, 0.15) is 0 Å². The molecule has 0 heterocycles. The van der Waals surface area contributed by atoms with Crippen molar-refractivity contribution in [3.63, 3.8) is 0 Å². The molecule has 0 aromatic rings. The molecule has 0 aromatic carbocycles. The van der Waals surface area contributed by atoms with E-state index in [0.29, 0.717) is 0 Å². The van der Waals surface area contributed by atoms with Crippen molar-refractivity contribution in [2.45, 2.75) is 50.6 Å². The third kappa shape index (κ3) is 2.92. The van der Waals surface area contributed by atoms with Crippen LogP contribution in [0.5, 0.6) is 0 Å². The van der Waals surface area contributed by atoms with E-state index >= 15 is 0 Å². The highest BCUT2D eigenvalue weighted by atomic mass is 16.4. The second-order valence-electron chi connectivity index (χ2n) is 4.18. The standard InChI is InChI=1S/C10H18N2O3/c1-2-10(4-3-5-10)12-9(15)7(11)6-8(13)14/h7H,2-6,11H2,1H3,(H,12,15)(H,13,14). The van der Waals surface area contributed by atoms with Crippen LogP contribution in [0.1, 0.15) is 39.0 Å². The topological polar surface area (TPSA) is 92.4 Å². The second kappa shape index (κ2) is 4.61. The third-order valence-corrected chi connectivity index (χ3v) is 3.11. The van der Waals surface area contributed by atoms with Gasteiger partial charge in [0.15, 0.2) is 0 Å². The Labute approximate surface area is 89.0 Å². The lowest BCUT2D eigenvalue weighted by atomic mass is 9.74. The molecule has 86 valence electrons. The number of nitrogens with one attached hydrogen (secondary N) is 1. The maximum Gasteiger partial charge on any atom is 0.305 e. The van der Waals surface area contributed by atoms with E-state index in [1.54, 1.807) is 0 Å². The minimum absolute atomic E-state index is 0.118. The number of carboxylic acid groups (broad SMARTS) is 1. The van der Waals surface area contributed by atoms with Gasteiger partial charge in [-0.15, -0.1) is 0 Å². The molecule has 1 atom stereocenters. The van der Waals surface area contributed by atoms with Crippen LogP contribution in [0.3, 0.4) is 0 Å². The van der Waals surface area contributed by atoms with Crippen LogP contribution in [-0.2, 0) is 9.59 Å². The second-order valence-corrected chi connectivity index (χ2v) is 4.18. The van der Waals surface area contributed by atoms with Crippen molar-refractivity contribution >= 4 is 11.9 Å². The van der Waals surface area contributed by atoms with E-state index in [2.05, 4.69) is 5.32 Å². The predicted octanol–water partition coefficient (Wildman–Crippen LogP) is 0.237. The molecule has 1 unspecified atom stereocenters. The fourth-order valence-electron chi connectivity index (χ4n) is 1.81. The summed E-state index contributed by atoms with van der Waals surface area (Å²) >= 11 is 0. The summed E-state index contributed by atoms with van der Waals surface area (Å²) in [4.78, 5) is 21.9. The van der Waals surface area contributed by atoms with Crippen LogP contribution in [0.2, 0.25) is 0 Å². The molecule has 0 saturated heterocycles. The molecule has 0 aromatic heterocycles. The molecule has 1 amide bonds. The van der Waals surface area contributed by atoms with Gasteiger partial charge in [-0.3, -0.25) is 9.59 Å². The van der Waals surface area contributed by atoms with Gasteiger partial charge in [-0.2, -0.15) is 0 Å². The molecular formula is C10H18N2O3. The summed E-state index contributed by atoms with van der Waals surface area (Å²) in [5, 5.41) is 11.4. The average Bonchev–Trinajstić information content (AvgIpc) is 2.09. The van der Waals surface area contributed by atoms with Gasteiger partial charge in [-0.05, 0) is 25.7 Å². The van der Waals surface area contributed by atoms with Crippen LogP contribution in [-0.4, -0.2) is 28.6 Å². The first-order valence-corrected chi connectivity index (χ1v) is 5.28. The van der Waals surface area contributed by atoms with Crippen molar-refractivity contribution in [1.29, 1.82) is 0 Å². The first-order valence-electron chi connectivity index (χ1n) is 5.28. The Balaban J connectivity index is 2.43. The van der Waals surface area contributed by atoms with Crippen molar-refractivity contribution in [3.8, 4) is 0 Å². The molecule has 1 fully saturated rings. The summed E-state index contributed by atoms with van der Waals surface area (Å²) in [7, 11) is 0. The maximum atomic E-state index is 11.5. The number of aliphatic carboxylic acids is 1. The molecule has 0 radical (unpaired) electrons. The van der Waals surface area contributed by atoms with E-state index in [1.807, 2.05) is 6.92 Å². The molecule has 1 rings (SSSR count). The van der Waals surface area contributed by atoms with Crippen LogP contribution in [0.4, 0.5) is 0 Å². The number of hydrogen-bond acceptors (Lipinski definition) is 3. The number of carboxylic acids is 1. The summed E-state index contributed by atoms with van der Waals surface area (Å²) < 4.78 is 0. The lowest BCUT2D eigenvalue weighted by Gasteiger charge is -2.42. The van der Waals surface area contributed by atoms with Gasteiger partial charge in [0.05, 0.1) is 12.5 Å². The maximum absolute atomic E-state index is 11.5. The van der Waals surface area contributed by atoms with Crippen LogP contribution in [0, 0.1) is 0 Å². The van der Waals surface area contributed by atoms with E-state index < -0.39 is 12.0 Å². The molecule has 1 saturated carbocycles. The van der Waals surface area contributed by atoms with Crippen molar-refractivity contribution in [2.75, 3.05) is 0 Å². The number of rotatable bonds is 5. The molecule has 15 heavy (non-hydrogen) atoms. The Morgan fingerprint density at radius 2 is 2.13 bits per heavy atom. The average molecular weight is 214 g/mol. The van der Waals surface area contributed by atoms with E-state index in [1.165, 1.54) is 0 Å². The Hall–Kier alpha value is -1.10. The van der Waals surface area contributed by atoms with Gasteiger partial charge in [-0.25, -0.2) is 0 Å². The minimum Gasteiger partial charge on any atom is -0.481 e. The molecule has 1 aliphatic carbocycles. The Morgan fingerprint density at radius 3 is 2.47 bits per heavy atom. The fraction of sp³-hybridized carbons (Fsp3) is 0.800. The van der Waals surface area contributed by atoms with Gasteiger partial charge >= 0.3 is 5.97 Å². The number of carbonyl (C=O) groups is 2. The zero-order valence-electron chi connectivity index (χ0n) is 8.95. The summed E-state index contributed by atoms with van der Waals surface area (Å²) in [6.45, 7) is 2.02. The van der Waals surface area contributed by atoms with Gasteiger partial charge in [0.2, 0.25) is 5.91 Å². The van der Waals surface area contributed by atoms with E-state index in [-0.39, 0.29) is 17.9 Å². The largest absolute Gasteiger partial charge is 0.481 e. The SMILES string of the molecule is CCC1(NC(=O)C(N)CC(=O)O)CCC1. The predicted molar refractivity (Wildman–Crippen MR) is 55.2 cm³/mol. The molecule has 1 aliphatic rings. The van der Waals surface area contributed by atoms with E-state index in [0.717, 1.165) is 25.7 Å². The van der Waals surface area contributed by atoms with Gasteiger partial charge in [0.25, 0.3) is 0 Å². The first-order chi connectivity index (χ1) is 6.99. The zero-order chi connectivity index (χ0) is 11.5. The number of hydrogen-bond donors (Lipinski definition) is 3. The van der Waals surface area contributed by atoms with Crippen LogP contribution >= 0.6 is 0 Å². The van der Waals surface area contributed by atoms with Crippen LogP contribution < -0.4 is 11.1 Å². The minimum atomic E-state index is -1.04. The summed E-state index contributed by atoms with van der Waals surface area (Å²) in [6, 6.07) is -0.938. The highest BCUT2D eigenvalue weighted by Gasteiger charge is 2.37. The van der Waals surface area contributed by atoms with Crippen LogP contribution in [0.15, 0.2) is 0 Å². The van der Waals surface area contributed by atoms with Gasteiger partial charge in [0, 0.05) is 5.54 Å². The highest BCUT2D eigenvalue weighted by Crippen LogP contribution is 2.34. The molecule has 5 nitrogen and oxygen atoms in total. The molecule has 5 heteroatoms. The normalized spacial score (nSPS) is 20.1. The van der Waals surface area contributed by atoms with Crippen molar-refractivity contribution in [1.82, 2.24) is 5.32 Å². The fourth-order valence-corrected chi connectivity index (χ4v) is 1.81. The van der Waals surface area contributed by atoms with Crippen molar-refractivity contribution in [2.24, 2.45) is 5.73 Å². The lowest BCUT2D eigenvalue weighted by Crippen LogP contribution is -2.57. The molecule has 0 spiro atoms. The molecular weight excluding hydrogens is 196 g/mol. The Kier molecular flexibility index (Phi) is 3.68. The molecule has 0 aliphatic heterocycles. The third-order valence-electron chi connectivity index (χ3n) is 3.11. The zero-order valence-corrected chi connectivity index (χ0v) is 8.95. The Morgan fingerprint density at radius 1 is 1.53 bits per heavy atom. The van der Waals surface area contributed by atoms with E-state index in [9.17, 15) is 9.59 Å². The van der Waals surface area contributed by atoms with Crippen molar-refractivity contribution < 1.29 is 14.7 Å². The van der Waals surface area contributed by atoms with Gasteiger partial charge in [-0.1, -0.05) is 6.92 Å². The summed E-state index contributed by atoms with van der Waals surface area (Å²) in [5.41, 5.74) is 5.35. The quantitative estimate of drug-likeness (QED) is 0.611. The number of carbonyl (C=O) groups excluding carboxylic acids is 1. The summed E-state index contributed by atoms with van der Waals surface area (Å²) in [6.07, 6.45) is 3.61. The van der Waals surface area contributed by atoms with E-state index in [4.69, 9.17) is 10.8 Å². The van der Waals surface area contributed by atoms with Crippen molar-refractivity contribution in [3.05, 3.63) is 0 Å². The Bertz CT molecular complexity index is 256. The summed E-state index contributed by atoms with van der Waals surface area (Å²) in [5.74, 6) is -1.39. The smallest absolute Gasteiger partial charge is 0.305 e. The highest BCUT2D eigenvalue weighted by molar-refractivity contribution is 5.86. The van der Waals surface area contributed by atoms with Crippen LogP contribution in [0.25, 0.3) is 0 Å². The number of amides is 1. The monoisotopic (exact) mass is 214 g/mol. The lowest BCUT2D eigenvalue weighted by molar-refractivity contribution is -0.140. The first kappa shape index (κ1) is 12.0. The number of nitrogens with two attached hydrogens (primary N) is 1.